The predicted molar refractivity (Wildman–Crippen MR) is 157 cm³/mol. The number of ether oxygens (including phenoxy) is 1. The van der Waals surface area contributed by atoms with Crippen LogP contribution in [0.25, 0.3) is 5.69 Å². The van der Waals surface area contributed by atoms with Crippen LogP contribution in [-0.4, -0.2) is 63.4 Å². The zero-order valence-corrected chi connectivity index (χ0v) is 24.7. The van der Waals surface area contributed by atoms with Gasteiger partial charge in [0.15, 0.2) is 0 Å². The summed E-state index contributed by atoms with van der Waals surface area (Å²) in [7, 11) is 0. The molecule has 5 rings (SSSR count). The van der Waals surface area contributed by atoms with Crippen molar-refractivity contribution in [3.8, 4) is 5.69 Å². The van der Waals surface area contributed by atoms with Gasteiger partial charge in [0.1, 0.15) is 5.60 Å². The second kappa shape index (κ2) is 11.1. The summed E-state index contributed by atoms with van der Waals surface area (Å²) >= 11 is 0. The average Bonchev–Trinajstić information content (AvgIpc) is 3.58. The molecule has 2 saturated heterocycles. The minimum absolute atomic E-state index is 0.0502. The second-order valence-corrected chi connectivity index (χ2v) is 12.5. The summed E-state index contributed by atoms with van der Waals surface area (Å²) in [6, 6.07) is 15.0. The van der Waals surface area contributed by atoms with E-state index in [-0.39, 0.29) is 17.9 Å². The summed E-state index contributed by atoms with van der Waals surface area (Å²) in [5.41, 5.74) is 7.02. The van der Waals surface area contributed by atoms with Gasteiger partial charge < -0.3 is 14.5 Å². The van der Waals surface area contributed by atoms with Crippen molar-refractivity contribution >= 4 is 12.0 Å². The molecule has 0 radical (unpaired) electrons. The molecule has 2 aliphatic heterocycles. The fraction of sp³-hybridized carbons (Fsp3) is 0.485. The molecule has 3 aromatic rings. The van der Waals surface area contributed by atoms with Crippen molar-refractivity contribution < 1.29 is 14.3 Å². The Morgan fingerprint density at radius 2 is 1.50 bits per heavy atom. The van der Waals surface area contributed by atoms with E-state index < -0.39 is 5.60 Å². The third-order valence-electron chi connectivity index (χ3n) is 8.33. The lowest BCUT2D eigenvalue weighted by Crippen LogP contribution is -2.41. The van der Waals surface area contributed by atoms with Crippen molar-refractivity contribution in [2.24, 2.45) is 0 Å². The number of amides is 2. The highest BCUT2D eigenvalue weighted by molar-refractivity contribution is 5.95. The number of hydrogen-bond acceptors (Lipinski definition) is 4. The van der Waals surface area contributed by atoms with Gasteiger partial charge in [-0.2, -0.15) is 5.10 Å². The van der Waals surface area contributed by atoms with Gasteiger partial charge in [0.05, 0.1) is 23.1 Å². The van der Waals surface area contributed by atoms with E-state index in [1.807, 2.05) is 30.4 Å². The number of likely N-dealkylation sites (tertiary alicyclic amines) is 2. The molecular weight excluding hydrogens is 500 g/mol. The zero-order chi connectivity index (χ0) is 28.6. The molecule has 0 saturated carbocycles. The smallest absolute Gasteiger partial charge is 0.410 e. The van der Waals surface area contributed by atoms with E-state index in [1.54, 1.807) is 11.1 Å². The number of rotatable bonds is 4. The Balaban J connectivity index is 1.41. The molecule has 2 amide bonds. The molecule has 2 aliphatic rings. The monoisotopic (exact) mass is 542 g/mol. The summed E-state index contributed by atoms with van der Waals surface area (Å²) in [5, 5.41) is 4.78. The normalized spacial score (nSPS) is 18.3. The number of carbonyl (C=O) groups excluding carboxylic acids is 2. The Bertz CT molecular complexity index is 1380. The highest BCUT2D eigenvalue weighted by Gasteiger charge is 2.35. The topological polar surface area (TPSA) is 67.7 Å². The van der Waals surface area contributed by atoms with Crippen molar-refractivity contribution in [1.82, 2.24) is 19.6 Å². The van der Waals surface area contributed by atoms with E-state index >= 15 is 0 Å². The van der Waals surface area contributed by atoms with Crippen LogP contribution < -0.4 is 0 Å². The molecule has 7 nitrogen and oxygen atoms in total. The van der Waals surface area contributed by atoms with Gasteiger partial charge in [-0.1, -0.05) is 35.9 Å². The molecule has 0 aliphatic carbocycles. The standard InChI is InChI=1S/C33H42N4O3/c1-22-7-10-25(11-8-22)27-15-18-36(21-27)31(38)29-20-34-37(28-12-9-23(2)24(3)19-28)30(29)26-13-16-35(17-14-26)32(39)40-33(4,5)6/h7-12,19-20,26-27H,13-18,21H2,1-6H3. The second-order valence-electron chi connectivity index (χ2n) is 12.5. The molecule has 1 aromatic heterocycles. The lowest BCUT2D eigenvalue weighted by atomic mass is 9.90. The number of aromatic nitrogens is 2. The molecule has 40 heavy (non-hydrogen) atoms. The lowest BCUT2D eigenvalue weighted by molar-refractivity contribution is 0.0203. The molecule has 3 heterocycles. The molecule has 0 N–H and O–H groups in total. The van der Waals surface area contributed by atoms with Gasteiger partial charge in [0, 0.05) is 38.0 Å². The highest BCUT2D eigenvalue weighted by Crippen LogP contribution is 2.35. The quantitative estimate of drug-likeness (QED) is 0.375. The number of carbonyl (C=O) groups is 2. The highest BCUT2D eigenvalue weighted by atomic mass is 16.6. The van der Waals surface area contributed by atoms with Gasteiger partial charge in [-0.05, 0) is 89.6 Å². The van der Waals surface area contributed by atoms with E-state index in [0.717, 1.165) is 37.2 Å². The van der Waals surface area contributed by atoms with Crippen molar-refractivity contribution in [2.75, 3.05) is 26.2 Å². The maximum absolute atomic E-state index is 14.0. The molecule has 2 fully saturated rings. The van der Waals surface area contributed by atoms with E-state index in [2.05, 4.69) is 63.2 Å². The predicted octanol–water partition coefficient (Wildman–Crippen LogP) is 6.54. The molecule has 0 bridgehead atoms. The fourth-order valence-corrected chi connectivity index (χ4v) is 5.87. The van der Waals surface area contributed by atoms with Gasteiger partial charge >= 0.3 is 6.09 Å². The first-order chi connectivity index (χ1) is 19.0. The van der Waals surface area contributed by atoms with Gasteiger partial charge in [-0.3, -0.25) is 4.79 Å². The van der Waals surface area contributed by atoms with Gasteiger partial charge in [-0.15, -0.1) is 0 Å². The summed E-state index contributed by atoms with van der Waals surface area (Å²) in [6.45, 7) is 14.6. The Kier molecular flexibility index (Phi) is 7.76. The summed E-state index contributed by atoms with van der Waals surface area (Å²) in [4.78, 5) is 30.5. The minimum Gasteiger partial charge on any atom is -0.444 e. The third kappa shape index (κ3) is 5.93. The van der Waals surface area contributed by atoms with Crippen LogP contribution >= 0.6 is 0 Å². The van der Waals surface area contributed by atoms with Crippen molar-refractivity contribution in [1.29, 1.82) is 0 Å². The fourth-order valence-electron chi connectivity index (χ4n) is 5.87. The maximum Gasteiger partial charge on any atom is 0.410 e. The first kappa shape index (κ1) is 27.9. The first-order valence-corrected chi connectivity index (χ1v) is 14.5. The van der Waals surface area contributed by atoms with Crippen LogP contribution in [0.4, 0.5) is 4.79 Å². The minimum atomic E-state index is -0.526. The first-order valence-electron chi connectivity index (χ1n) is 14.5. The van der Waals surface area contributed by atoms with Crippen LogP contribution in [0.2, 0.25) is 0 Å². The molecule has 1 atom stereocenters. The number of piperidine rings is 1. The van der Waals surface area contributed by atoms with E-state index in [9.17, 15) is 9.59 Å². The molecule has 0 spiro atoms. The number of aryl methyl sites for hydroxylation is 3. The number of benzene rings is 2. The van der Waals surface area contributed by atoms with Crippen LogP contribution in [0, 0.1) is 20.8 Å². The third-order valence-corrected chi connectivity index (χ3v) is 8.33. The number of hydrogen-bond donors (Lipinski definition) is 0. The van der Waals surface area contributed by atoms with Crippen molar-refractivity contribution in [2.45, 2.75) is 78.2 Å². The molecule has 1 unspecified atom stereocenters. The van der Waals surface area contributed by atoms with E-state index in [1.165, 1.54) is 22.3 Å². The van der Waals surface area contributed by atoms with Crippen LogP contribution in [0.5, 0.6) is 0 Å². The Hall–Kier alpha value is -3.61. The summed E-state index contributed by atoms with van der Waals surface area (Å²) in [6.07, 6.45) is 3.95. The Morgan fingerprint density at radius 1 is 0.850 bits per heavy atom. The largest absolute Gasteiger partial charge is 0.444 e. The molecule has 2 aromatic carbocycles. The van der Waals surface area contributed by atoms with Gasteiger partial charge in [-0.25, -0.2) is 9.48 Å². The maximum atomic E-state index is 14.0. The molecule has 212 valence electrons. The van der Waals surface area contributed by atoms with E-state index in [4.69, 9.17) is 9.84 Å². The Labute approximate surface area is 238 Å². The zero-order valence-electron chi connectivity index (χ0n) is 24.7. The summed E-state index contributed by atoms with van der Waals surface area (Å²) < 4.78 is 7.57. The Morgan fingerprint density at radius 3 is 2.15 bits per heavy atom. The summed E-state index contributed by atoms with van der Waals surface area (Å²) in [5.74, 6) is 0.506. The average molecular weight is 543 g/mol. The van der Waals surface area contributed by atoms with Crippen LogP contribution in [0.15, 0.2) is 48.7 Å². The van der Waals surface area contributed by atoms with Gasteiger partial charge in [0.2, 0.25) is 0 Å². The van der Waals surface area contributed by atoms with Crippen molar-refractivity contribution in [3.63, 3.8) is 0 Å². The van der Waals surface area contributed by atoms with Crippen molar-refractivity contribution in [3.05, 3.63) is 82.2 Å². The number of nitrogens with zero attached hydrogens (tertiary/aromatic N) is 4. The van der Waals surface area contributed by atoms with Crippen LogP contribution in [-0.2, 0) is 4.74 Å². The SMILES string of the molecule is Cc1ccc(C2CCN(C(=O)c3cnn(-c4ccc(C)c(C)c4)c3C3CCN(C(=O)OC(C)(C)C)CC3)C2)cc1. The lowest BCUT2D eigenvalue weighted by Gasteiger charge is -2.34. The van der Waals surface area contributed by atoms with E-state index in [0.29, 0.717) is 31.1 Å². The van der Waals surface area contributed by atoms with Crippen LogP contribution in [0.1, 0.15) is 90.2 Å². The van der Waals surface area contributed by atoms with Crippen LogP contribution in [0.3, 0.4) is 0 Å². The van der Waals surface area contributed by atoms with Gasteiger partial charge in [0.25, 0.3) is 5.91 Å². The molecule has 7 heteroatoms. The molecular formula is C33H42N4O3.